The van der Waals surface area contributed by atoms with E-state index in [-0.39, 0.29) is 17.3 Å². The van der Waals surface area contributed by atoms with Crippen LogP contribution in [0.25, 0.3) is 10.8 Å². The molecular weight excluding hydrogens is 282 g/mol. The zero-order valence-corrected chi connectivity index (χ0v) is 12.6. The fourth-order valence-electron chi connectivity index (χ4n) is 2.89. The Labute approximate surface area is 129 Å². The molecule has 1 aliphatic carbocycles. The number of hydrogen-bond acceptors (Lipinski definition) is 1. The molecule has 108 valence electrons. The average molecular weight is 300 g/mol. The number of rotatable bonds is 2. The van der Waals surface area contributed by atoms with Crippen LogP contribution in [-0.4, -0.2) is 17.3 Å². The molecule has 1 saturated carbocycles. The average Bonchev–Trinajstić information content (AvgIpc) is 2.49. The van der Waals surface area contributed by atoms with Gasteiger partial charge in [-0.2, -0.15) is 0 Å². The number of benzene rings is 2. The van der Waals surface area contributed by atoms with Gasteiger partial charge in [-0.05, 0) is 36.1 Å². The minimum atomic E-state index is -0.0647. The fourth-order valence-corrected chi connectivity index (χ4v) is 3.30. The molecule has 0 aliphatic heterocycles. The summed E-state index contributed by atoms with van der Waals surface area (Å²) in [6.45, 7) is 3.98. The molecule has 0 radical (unpaired) electrons. The molecule has 2 aromatic carbocycles. The minimum absolute atomic E-state index is 0.0173. The Morgan fingerprint density at radius 2 is 1.95 bits per heavy atom. The first-order valence-corrected chi connectivity index (χ1v) is 7.68. The van der Waals surface area contributed by atoms with E-state index in [1.165, 1.54) is 5.57 Å². The van der Waals surface area contributed by atoms with Gasteiger partial charge < -0.3 is 5.32 Å². The highest BCUT2D eigenvalue weighted by Crippen LogP contribution is 2.27. The van der Waals surface area contributed by atoms with E-state index in [0.717, 1.165) is 30.0 Å². The lowest BCUT2D eigenvalue weighted by atomic mass is 9.91. The van der Waals surface area contributed by atoms with Crippen LogP contribution in [0.3, 0.4) is 0 Å². The van der Waals surface area contributed by atoms with Gasteiger partial charge in [-0.25, -0.2) is 0 Å². The second-order valence-corrected chi connectivity index (χ2v) is 6.18. The summed E-state index contributed by atoms with van der Waals surface area (Å²) in [5, 5.41) is 5.07. The van der Waals surface area contributed by atoms with Crippen LogP contribution in [0.4, 0.5) is 0 Å². The molecule has 1 amide bonds. The van der Waals surface area contributed by atoms with Crippen LogP contribution >= 0.6 is 11.6 Å². The van der Waals surface area contributed by atoms with E-state index in [9.17, 15) is 4.79 Å². The number of allylic oxidation sites excluding steroid dienone is 1. The second-order valence-electron chi connectivity index (χ2n) is 5.62. The van der Waals surface area contributed by atoms with Crippen molar-refractivity contribution in [3.8, 4) is 0 Å². The molecule has 1 fully saturated rings. The smallest absolute Gasteiger partial charge is 0.252 e. The minimum Gasteiger partial charge on any atom is -0.348 e. The van der Waals surface area contributed by atoms with E-state index in [1.807, 2.05) is 42.5 Å². The van der Waals surface area contributed by atoms with Gasteiger partial charge in [0.2, 0.25) is 0 Å². The molecule has 0 saturated heterocycles. The van der Waals surface area contributed by atoms with Crippen LogP contribution in [0.15, 0.2) is 54.6 Å². The van der Waals surface area contributed by atoms with Gasteiger partial charge >= 0.3 is 0 Å². The molecule has 2 unspecified atom stereocenters. The summed E-state index contributed by atoms with van der Waals surface area (Å²) >= 11 is 6.35. The molecule has 21 heavy (non-hydrogen) atoms. The number of carbonyl (C=O) groups excluding carboxylic acids is 1. The summed E-state index contributed by atoms with van der Waals surface area (Å²) in [4.78, 5) is 12.6. The molecule has 1 N–H and O–H groups in total. The van der Waals surface area contributed by atoms with E-state index in [4.69, 9.17) is 11.6 Å². The zero-order chi connectivity index (χ0) is 14.8. The molecule has 3 rings (SSSR count). The third kappa shape index (κ3) is 2.96. The highest BCUT2D eigenvalue weighted by molar-refractivity contribution is 6.21. The maximum Gasteiger partial charge on any atom is 0.252 e. The van der Waals surface area contributed by atoms with E-state index >= 15 is 0 Å². The predicted octanol–water partition coefficient (Wildman–Crippen LogP) is 4.29. The summed E-state index contributed by atoms with van der Waals surface area (Å²) in [6, 6.07) is 13.7. The summed E-state index contributed by atoms with van der Waals surface area (Å²) in [5.74, 6) is -0.0463. The predicted molar refractivity (Wildman–Crippen MR) is 87.8 cm³/mol. The Kier molecular flexibility index (Phi) is 3.98. The van der Waals surface area contributed by atoms with Gasteiger partial charge in [-0.1, -0.05) is 48.6 Å². The lowest BCUT2D eigenvalue weighted by molar-refractivity contribution is 0.0933. The van der Waals surface area contributed by atoms with Crippen molar-refractivity contribution in [2.45, 2.75) is 30.7 Å². The van der Waals surface area contributed by atoms with Crippen LogP contribution in [0.1, 0.15) is 29.6 Å². The van der Waals surface area contributed by atoms with E-state index in [1.54, 1.807) is 0 Å². The van der Waals surface area contributed by atoms with Crippen molar-refractivity contribution >= 4 is 28.3 Å². The quantitative estimate of drug-likeness (QED) is 0.650. The number of fused-ring (bicyclic) bond motifs is 1. The molecule has 3 heteroatoms. The van der Waals surface area contributed by atoms with Crippen LogP contribution in [0.5, 0.6) is 0 Å². The Balaban J connectivity index is 1.83. The first-order valence-electron chi connectivity index (χ1n) is 7.24. The molecule has 1 aliphatic rings. The van der Waals surface area contributed by atoms with Crippen molar-refractivity contribution in [1.82, 2.24) is 5.32 Å². The fraction of sp³-hybridized carbons (Fsp3) is 0.278. The van der Waals surface area contributed by atoms with Gasteiger partial charge in [-0.3, -0.25) is 4.79 Å². The Morgan fingerprint density at radius 3 is 2.76 bits per heavy atom. The molecule has 2 aromatic rings. The monoisotopic (exact) mass is 299 g/mol. The number of carbonyl (C=O) groups is 1. The van der Waals surface area contributed by atoms with Crippen LogP contribution in [-0.2, 0) is 0 Å². The van der Waals surface area contributed by atoms with Gasteiger partial charge in [0.15, 0.2) is 0 Å². The maximum absolute atomic E-state index is 12.6. The maximum atomic E-state index is 12.6. The molecule has 2 nitrogen and oxygen atoms in total. The molecule has 0 bridgehead atoms. The topological polar surface area (TPSA) is 29.1 Å². The SMILES string of the molecule is C=C1CCC(NC(=O)c2cccc3ccccc23)C(Cl)C1. The molecule has 0 spiro atoms. The normalized spacial score (nSPS) is 22.2. The molecule has 0 aromatic heterocycles. The Morgan fingerprint density at radius 1 is 1.19 bits per heavy atom. The van der Waals surface area contributed by atoms with Crippen molar-refractivity contribution in [3.05, 3.63) is 60.2 Å². The number of halogens is 1. The molecular formula is C18H18ClNO. The van der Waals surface area contributed by atoms with Crippen LogP contribution < -0.4 is 5.32 Å². The van der Waals surface area contributed by atoms with Crippen molar-refractivity contribution in [2.24, 2.45) is 0 Å². The molecule has 0 heterocycles. The summed E-state index contributed by atoms with van der Waals surface area (Å²) in [7, 11) is 0. The highest BCUT2D eigenvalue weighted by Gasteiger charge is 2.26. The van der Waals surface area contributed by atoms with Crippen molar-refractivity contribution in [3.63, 3.8) is 0 Å². The number of amides is 1. The third-order valence-electron chi connectivity index (χ3n) is 4.08. The van der Waals surface area contributed by atoms with E-state index in [0.29, 0.717) is 5.56 Å². The number of nitrogens with one attached hydrogen (secondary N) is 1. The summed E-state index contributed by atoms with van der Waals surface area (Å²) in [5.41, 5.74) is 1.88. The Hall–Kier alpha value is -1.80. The first kappa shape index (κ1) is 14.2. The third-order valence-corrected chi connectivity index (χ3v) is 4.54. The van der Waals surface area contributed by atoms with E-state index < -0.39 is 0 Å². The first-order chi connectivity index (χ1) is 10.1. The van der Waals surface area contributed by atoms with E-state index in [2.05, 4.69) is 11.9 Å². The van der Waals surface area contributed by atoms with Gasteiger partial charge in [-0.15, -0.1) is 11.6 Å². The van der Waals surface area contributed by atoms with Crippen molar-refractivity contribution in [1.29, 1.82) is 0 Å². The van der Waals surface area contributed by atoms with Crippen molar-refractivity contribution < 1.29 is 4.79 Å². The van der Waals surface area contributed by atoms with Gasteiger partial charge in [0.05, 0.1) is 5.38 Å². The summed E-state index contributed by atoms with van der Waals surface area (Å²) < 4.78 is 0. The van der Waals surface area contributed by atoms with Gasteiger partial charge in [0.1, 0.15) is 0 Å². The lowest BCUT2D eigenvalue weighted by Gasteiger charge is -2.29. The number of hydrogen-bond donors (Lipinski definition) is 1. The van der Waals surface area contributed by atoms with Crippen LogP contribution in [0, 0.1) is 0 Å². The summed E-state index contributed by atoms with van der Waals surface area (Å²) in [6.07, 6.45) is 2.58. The standard InChI is InChI=1S/C18H18ClNO/c1-12-9-10-17(16(19)11-12)20-18(21)15-8-4-6-13-5-2-3-7-14(13)15/h2-8,16-17H,1,9-11H2,(H,20,21). The number of alkyl halides is 1. The lowest BCUT2D eigenvalue weighted by Crippen LogP contribution is -2.43. The van der Waals surface area contributed by atoms with Crippen LogP contribution in [0.2, 0.25) is 0 Å². The highest BCUT2D eigenvalue weighted by atomic mass is 35.5. The largest absolute Gasteiger partial charge is 0.348 e. The Bertz CT molecular complexity index is 689. The van der Waals surface area contributed by atoms with Gasteiger partial charge in [0.25, 0.3) is 5.91 Å². The second kappa shape index (κ2) is 5.90. The van der Waals surface area contributed by atoms with Gasteiger partial charge in [0, 0.05) is 11.6 Å². The zero-order valence-electron chi connectivity index (χ0n) is 11.8. The molecule has 2 atom stereocenters. The van der Waals surface area contributed by atoms with Crippen molar-refractivity contribution in [2.75, 3.05) is 0 Å².